The molecule has 0 aromatic heterocycles. The second-order valence-electron chi connectivity index (χ2n) is 6.21. The van der Waals surface area contributed by atoms with Gasteiger partial charge in [-0.05, 0) is 55.2 Å². The quantitative estimate of drug-likeness (QED) is 0.568. The molecule has 1 amide bonds. The Kier molecular flexibility index (Phi) is 5.39. The first kappa shape index (κ1) is 18.2. The third kappa shape index (κ3) is 4.50. The van der Waals surface area contributed by atoms with Gasteiger partial charge in [-0.15, -0.1) is 0 Å². The van der Waals surface area contributed by atoms with Crippen LogP contribution in [-0.4, -0.2) is 23.4 Å². The molecule has 0 heterocycles. The number of halogens is 1. The van der Waals surface area contributed by atoms with Crippen molar-refractivity contribution in [2.24, 2.45) is 11.7 Å². The SMILES string of the molecule is NC(CNC(=O)c1ccc(Oc2ccc(Cl)cc2[N+](=O)[O-])cc1)C1CC1. The summed E-state index contributed by atoms with van der Waals surface area (Å²) in [6, 6.07) is 10.5. The summed E-state index contributed by atoms with van der Waals surface area (Å²) in [6.45, 7) is 0.443. The molecule has 8 heteroatoms. The predicted octanol–water partition coefficient (Wildman–Crippen LogP) is 3.51. The van der Waals surface area contributed by atoms with Gasteiger partial charge < -0.3 is 15.8 Å². The van der Waals surface area contributed by atoms with Crippen molar-refractivity contribution >= 4 is 23.2 Å². The van der Waals surface area contributed by atoms with Gasteiger partial charge in [0.15, 0.2) is 0 Å². The lowest BCUT2D eigenvalue weighted by atomic mass is 10.1. The maximum absolute atomic E-state index is 12.1. The lowest BCUT2D eigenvalue weighted by molar-refractivity contribution is -0.385. The van der Waals surface area contributed by atoms with Crippen molar-refractivity contribution < 1.29 is 14.5 Å². The number of nitro groups is 1. The molecular weight excluding hydrogens is 358 g/mol. The Morgan fingerprint density at radius 2 is 2.00 bits per heavy atom. The van der Waals surface area contributed by atoms with Crippen LogP contribution in [0, 0.1) is 16.0 Å². The lowest BCUT2D eigenvalue weighted by Crippen LogP contribution is -2.38. The zero-order valence-corrected chi connectivity index (χ0v) is 14.6. The Balaban J connectivity index is 1.64. The Labute approximate surface area is 155 Å². The van der Waals surface area contributed by atoms with Gasteiger partial charge in [0, 0.05) is 29.2 Å². The van der Waals surface area contributed by atoms with Gasteiger partial charge in [-0.3, -0.25) is 14.9 Å². The van der Waals surface area contributed by atoms with Crippen molar-refractivity contribution in [3.05, 3.63) is 63.2 Å². The molecule has 0 saturated heterocycles. The van der Waals surface area contributed by atoms with Crippen molar-refractivity contribution in [1.82, 2.24) is 5.32 Å². The van der Waals surface area contributed by atoms with Crippen LogP contribution in [0.15, 0.2) is 42.5 Å². The van der Waals surface area contributed by atoms with Crippen LogP contribution in [0.4, 0.5) is 5.69 Å². The molecule has 3 N–H and O–H groups in total. The Morgan fingerprint density at radius 3 is 2.62 bits per heavy atom. The number of amides is 1. The number of carbonyl (C=O) groups excluding carboxylic acids is 1. The summed E-state index contributed by atoms with van der Waals surface area (Å²) in [5, 5.41) is 14.2. The highest BCUT2D eigenvalue weighted by Crippen LogP contribution is 2.33. The highest BCUT2D eigenvalue weighted by molar-refractivity contribution is 6.30. The minimum Gasteiger partial charge on any atom is -0.450 e. The average molecular weight is 376 g/mol. The maximum Gasteiger partial charge on any atom is 0.313 e. The van der Waals surface area contributed by atoms with E-state index in [-0.39, 0.29) is 28.4 Å². The molecule has 0 bridgehead atoms. The summed E-state index contributed by atoms with van der Waals surface area (Å²) in [5.41, 5.74) is 6.20. The van der Waals surface area contributed by atoms with E-state index in [0.717, 1.165) is 12.8 Å². The first-order valence-corrected chi connectivity index (χ1v) is 8.57. The zero-order chi connectivity index (χ0) is 18.7. The van der Waals surface area contributed by atoms with Crippen LogP contribution in [0.3, 0.4) is 0 Å². The van der Waals surface area contributed by atoms with Gasteiger partial charge in [0.1, 0.15) is 5.75 Å². The number of nitrogens with one attached hydrogen (secondary N) is 1. The molecule has 1 fully saturated rings. The van der Waals surface area contributed by atoms with Gasteiger partial charge in [-0.2, -0.15) is 0 Å². The van der Waals surface area contributed by atoms with Crippen LogP contribution in [0.1, 0.15) is 23.2 Å². The van der Waals surface area contributed by atoms with E-state index >= 15 is 0 Å². The van der Waals surface area contributed by atoms with E-state index in [0.29, 0.717) is 23.8 Å². The van der Waals surface area contributed by atoms with E-state index in [1.807, 2.05) is 0 Å². The molecule has 1 aliphatic carbocycles. The van der Waals surface area contributed by atoms with E-state index < -0.39 is 4.92 Å². The third-order valence-electron chi connectivity index (χ3n) is 4.19. The molecule has 1 unspecified atom stereocenters. The average Bonchev–Trinajstić information content (AvgIpc) is 3.46. The van der Waals surface area contributed by atoms with Crippen molar-refractivity contribution in [2.45, 2.75) is 18.9 Å². The fourth-order valence-corrected chi connectivity index (χ4v) is 2.69. The second-order valence-corrected chi connectivity index (χ2v) is 6.64. The predicted molar refractivity (Wildman–Crippen MR) is 97.7 cm³/mol. The monoisotopic (exact) mass is 375 g/mol. The number of hydrogen-bond donors (Lipinski definition) is 2. The Bertz CT molecular complexity index is 822. The van der Waals surface area contributed by atoms with Crippen LogP contribution in [0.5, 0.6) is 11.5 Å². The molecule has 3 rings (SSSR count). The van der Waals surface area contributed by atoms with Crippen molar-refractivity contribution in [1.29, 1.82) is 0 Å². The number of nitrogens with two attached hydrogens (primary N) is 1. The van der Waals surface area contributed by atoms with Crippen LogP contribution >= 0.6 is 11.6 Å². The molecule has 136 valence electrons. The standard InChI is InChI=1S/C18H18ClN3O4/c19-13-5-8-17(16(9-13)22(24)25)26-14-6-3-12(4-7-14)18(23)21-10-15(20)11-1-2-11/h3-9,11,15H,1-2,10,20H2,(H,21,23). The summed E-state index contributed by atoms with van der Waals surface area (Å²) in [7, 11) is 0. The first-order valence-electron chi connectivity index (χ1n) is 8.19. The molecule has 0 aliphatic heterocycles. The highest BCUT2D eigenvalue weighted by atomic mass is 35.5. The van der Waals surface area contributed by atoms with Gasteiger partial charge >= 0.3 is 5.69 Å². The summed E-state index contributed by atoms with van der Waals surface area (Å²) in [5.74, 6) is 0.750. The highest BCUT2D eigenvalue weighted by Gasteiger charge is 2.28. The van der Waals surface area contributed by atoms with Crippen LogP contribution < -0.4 is 15.8 Å². The van der Waals surface area contributed by atoms with E-state index in [4.69, 9.17) is 22.1 Å². The number of ether oxygens (including phenoxy) is 1. The number of nitrogens with zero attached hydrogens (tertiary/aromatic N) is 1. The zero-order valence-electron chi connectivity index (χ0n) is 13.9. The molecule has 26 heavy (non-hydrogen) atoms. The summed E-state index contributed by atoms with van der Waals surface area (Å²) in [6.07, 6.45) is 2.25. The van der Waals surface area contributed by atoms with Crippen molar-refractivity contribution in [3.8, 4) is 11.5 Å². The molecule has 1 saturated carbocycles. The molecule has 0 spiro atoms. The van der Waals surface area contributed by atoms with Gasteiger partial charge in [-0.25, -0.2) is 0 Å². The normalized spacial score (nSPS) is 14.5. The van der Waals surface area contributed by atoms with Gasteiger partial charge in [0.25, 0.3) is 5.91 Å². The number of benzene rings is 2. The van der Waals surface area contributed by atoms with E-state index in [1.165, 1.54) is 18.2 Å². The number of nitro benzene ring substituents is 1. The fourth-order valence-electron chi connectivity index (χ4n) is 2.52. The molecular formula is C18H18ClN3O4. The Hall–Kier alpha value is -2.64. The fraction of sp³-hybridized carbons (Fsp3) is 0.278. The molecule has 1 aliphatic rings. The van der Waals surface area contributed by atoms with E-state index in [2.05, 4.69) is 5.32 Å². The van der Waals surface area contributed by atoms with Crippen LogP contribution in [0.2, 0.25) is 5.02 Å². The molecule has 1 atom stereocenters. The molecule has 7 nitrogen and oxygen atoms in total. The van der Waals surface area contributed by atoms with E-state index in [1.54, 1.807) is 24.3 Å². The largest absolute Gasteiger partial charge is 0.450 e. The lowest BCUT2D eigenvalue weighted by Gasteiger charge is -2.12. The number of rotatable bonds is 7. The number of carbonyl (C=O) groups is 1. The minimum absolute atomic E-state index is 0.00740. The van der Waals surface area contributed by atoms with Gasteiger partial charge in [0.05, 0.1) is 4.92 Å². The maximum atomic E-state index is 12.1. The number of hydrogen-bond acceptors (Lipinski definition) is 5. The Morgan fingerprint density at radius 1 is 1.31 bits per heavy atom. The first-order chi connectivity index (χ1) is 12.4. The van der Waals surface area contributed by atoms with Crippen LogP contribution in [0.25, 0.3) is 0 Å². The second kappa shape index (κ2) is 7.72. The van der Waals surface area contributed by atoms with Gasteiger partial charge in [0.2, 0.25) is 5.75 Å². The molecule has 2 aromatic carbocycles. The smallest absolute Gasteiger partial charge is 0.313 e. The topological polar surface area (TPSA) is 107 Å². The third-order valence-corrected chi connectivity index (χ3v) is 4.42. The van der Waals surface area contributed by atoms with E-state index in [9.17, 15) is 14.9 Å². The van der Waals surface area contributed by atoms with Crippen molar-refractivity contribution in [3.63, 3.8) is 0 Å². The summed E-state index contributed by atoms with van der Waals surface area (Å²) in [4.78, 5) is 22.7. The molecule has 0 radical (unpaired) electrons. The minimum atomic E-state index is -0.563. The summed E-state index contributed by atoms with van der Waals surface area (Å²) >= 11 is 5.78. The van der Waals surface area contributed by atoms with Crippen molar-refractivity contribution in [2.75, 3.05) is 6.54 Å². The van der Waals surface area contributed by atoms with Crippen LogP contribution in [-0.2, 0) is 0 Å². The molecule has 2 aromatic rings. The summed E-state index contributed by atoms with van der Waals surface area (Å²) < 4.78 is 5.55. The van der Waals surface area contributed by atoms with Gasteiger partial charge in [-0.1, -0.05) is 11.6 Å².